The van der Waals surface area contributed by atoms with E-state index in [-0.39, 0.29) is 22.5 Å². The number of ether oxygens (including phenoxy) is 2. The molecule has 2 aromatic rings. The Labute approximate surface area is 170 Å². The minimum absolute atomic E-state index is 0.0111. The number of carbonyl (C=O) groups excluding carboxylic acids is 1. The lowest BCUT2D eigenvalue weighted by atomic mass is 10.0. The van der Waals surface area contributed by atoms with Gasteiger partial charge in [0, 0.05) is 24.2 Å². The lowest BCUT2D eigenvalue weighted by Gasteiger charge is -2.30. The monoisotopic (exact) mass is 416 g/mol. The summed E-state index contributed by atoms with van der Waals surface area (Å²) < 4.78 is 39.0. The molecule has 154 valence electrons. The van der Waals surface area contributed by atoms with E-state index in [1.807, 2.05) is 6.07 Å². The molecule has 1 heterocycles. The van der Waals surface area contributed by atoms with Crippen LogP contribution in [0, 0.1) is 5.92 Å². The van der Waals surface area contributed by atoms with E-state index in [2.05, 4.69) is 4.72 Å². The van der Waals surface area contributed by atoms with Gasteiger partial charge in [-0.25, -0.2) is 8.42 Å². The smallest absolute Gasteiger partial charge is 0.265 e. The first-order chi connectivity index (χ1) is 13.9. The second-order valence-electron chi connectivity index (χ2n) is 7.33. The van der Waals surface area contributed by atoms with Crippen LogP contribution in [0.2, 0.25) is 0 Å². The fraction of sp³-hybridized carbons (Fsp3) is 0.381. The maximum Gasteiger partial charge on any atom is 0.265 e. The number of sulfonamides is 1. The first-order valence-corrected chi connectivity index (χ1v) is 11.1. The van der Waals surface area contributed by atoms with Crippen LogP contribution in [0.5, 0.6) is 11.5 Å². The zero-order valence-corrected chi connectivity index (χ0v) is 17.3. The molecule has 2 aromatic carbocycles. The highest BCUT2D eigenvalue weighted by atomic mass is 32.2. The van der Waals surface area contributed by atoms with Crippen LogP contribution >= 0.6 is 0 Å². The molecule has 4 rings (SSSR count). The van der Waals surface area contributed by atoms with Crippen LogP contribution in [0.15, 0.2) is 41.3 Å². The topological polar surface area (TPSA) is 84.9 Å². The Hall–Kier alpha value is -2.74. The second kappa shape index (κ2) is 7.59. The summed E-state index contributed by atoms with van der Waals surface area (Å²) in [5.41, 5.74) is 2.27. The molecule has 1 fully saturated rings. The highest BCUT2D eigenvalue weighted by molar-refractivity contribution is 7.92. The third-order valence-corrected chi connectivity index (χ3v) is 6.71. The van der Waals surface area contributed by atoms with Crippen LogP contribution < -0.4 is 19.1 Å². The summed E-state index contributed by atoms with van der Waals surface area (Å²) in [5.74, 6) is 0.891. The first kappa shape index (κ1) is 19.6. The summed E-state index contributed by atoms with van der Waals surface area (Å²) in [4.78, 5) is 14.4. The summed E-state index contributed by atoms with van der Waals surface area (Å²) in [7, 11) is -1.02. The Morgan fingerprint density at radius 2 is 1.90 bits per heavy atom. The molecule has 1 amide bonds. The summed E-state index contributed by atoms with van der Waals surface area (Å²) in [5, 5.41) is 0. The van der Waals surface area contributed by atoms with Crippen LogP contribution in [0.1, 0.15) is 24.8 Å². The number of benzene rings is 2. The van der Waals surface area contributed by atoms with E-state index in [4.69, 9.17) is 9.47 Å². The zero-order valence-electron chi connectivity index (χ0n) is 16.5. The van der Waals surface area contributed by atoms with Gasteiger partial charge < -0.3 is 14.4 Å². The van der Waals surface area contributed by atoms with E-state index >= 15 is 0 Å². The molecule has 7 nitrogen and oxygen atoms in total. The van der Waals surface area contributed by atoms with Crippen LogP contribution in [0.4, 0.5) is 11.4 Å². The number of aryl methyl sites for hydroxylation is 1. The van der Waals surface area contributed by atoms with E-state index in [0.29, 0.717) is 18.0 Å². The molecule has 0 unspecified atom stereocenters. The predicted molar refractivity (Wildman–Crippen MR) is 110 cm³/mol. The lowest BCUT2D eigenvalue weighted by molar-refractivity contribution is -0.119. The number of anilines is 2. The molecule has 1 aliphatic heterocycles. The van der Waals surface area contributed by atoms with E-state index in [0.717, 1.165) is 36.9 Å². The largest absolute Gasteiger partial charge is 0.497 e. The summed E-state index contributed by atoms with van der Waals surface area (Å²) in [6.07, 6.45) is 3.66. The SMILES string of the molecule is COc1ccc(OC)c(S(=O)(=O)Nc2ccc3c(c2)N(C(=O)C2CC2)CCC3)c1. The molecular weight excluding hydrogens is 392 g/mol. The number of rotatable bonds is 6. The van der Waals surface area contributed by atoms with E-state index in [1.165, 1.54) is 20.3 Å². The maximum atomic E-state index is 13.0. The van der Waals surface area contributed by atoms with Crippen molar-refractivity contribution in [2.24, 2.45) is 5.92 Å². The number of nitrogens with zero attached hydrogens (tertiary/aromatic N) is 1. The maximum absolute atomic E-state index is 13.0. The number of nitrogens with one attached hydrogen (secondary N) is 1. The molecule has 1 aliphatic carbocycles. The molecule has 0 aromatic heterocycles. The molecule has 8 heteroatoms. The van der Waals surface area contributed by atoms with E-state index in [1.54, 1.807) is 29.2 Å². The zero-order chi connectivity index (χ0) is 20.6. The molecule has 0 bridgehead atoms. The lowest BCUT2D eigenvalue weighted by Crippen LogP contribution is -2.36. The minimum Gasteiger partial charge on any atom is -0.497 e. The van der Waals surface area contributed by atoms with Crippen molar-refractivity contribution >= 4 is 27.3 Å². The standard InChI is InChI=1S/C21H24N2O5S/c1-27-17-9-10-19(28-2)20(13-17)29(25,26)22-16-8-7-14-4-3-11-23(18(14)12-16)21(24)15-5-6-15/h7-10,12-13,15,22H,3-6,11H2,1-2H3. The highest BCUT2D eigenvalue weighted by Crippen LogP contribution is 2.37. The molecule has 2 aliphatic rings. The van der Waals surface area contributed by atoms with E-state index in [9.17, 15) is 13.2 Å². The molecule has 0 saturated heterocycles. The van der Waals surface area contributed by atoms with Crippen molar-refractivity contribution in [3.05, 3.63) is 42.0 Å². The van der Waals surface area contributed by atoms with Gasteiger partial charge in [-0.3, -0.25) is 9.52 Å². The van der Waals surface area contributed by atoms with Gasteiger partial charge in [-0.1, -0.05) is 6.07 Å². The van der Waals surface area contributed by atoms with Gasteiger partial charge in [0.25, 0.3) is 10.0 Å². The van der Waals surface area contributed by atoms with Crippen LogP contribution in [0.25, 0.3) is 0 Å². The van der Waals surface area contributed by atoms with Crippen molar-refractivity contribution < 1.29 is 22.7 Å². The highest BCUT2D eigenvalue weighted by Gasteiger charge is 2.35. The molecule has 0 spiro atoms. The second-order valence-corrected chi connectivity index (χ2v) is 8.98. The van der Waals surface area contributed by atoms with Gasteiger partial charge in [0.15, 0.2) is 0 Å². The third kappa shape index (κ3) is 3.89. The Morgan fingerprint density at radius 3 is 2.59 bits per heavy atom. The average molecular weight is 416 g/mol. The normalized spacial score (nSPS) is 16.1. The average Bonchev–Trinajstić information content (AvgIpc) is 3.57. The molecule has 29 heavy (non-hydrogen) atoms. The van der Waals surface area contributed by atoms with Gasteiger partial charge in [-0.2, -0.15) is 0 Å². The van der Waals surface area contributed by atoms with Crippen LogP contribution in [0.3, 0.4) is 0 Å². The van der Waals surface area contributed by atoms with Crippen molar-refractivity contribution in [2.75, 3.05) is 30.4 Å². The van der Waals surface area contributed by atoms with E-state index < -0.39 is 10.0 Å². The van der Waals surface area contributed by atoms with Crippen molar-refractivity contribution in [1.82, 2.24) is 0 Å². The number of hydrogen-bond acceptors (Lipinski definition) is 5. The fourth-order valence-corrected chi connectivity index (χ4v) is 4.86. The van der Waals surface area contributed by atoms with Crippen LogP contribution in [-0.4, -0.2) is 35.1 Å². The quantitative estimate of drug-likeness (QED) is 0.782. The van der Waals surface area contributed by atoms with Gasteiger partial charge in [0.05, 0.1) is 19.9 Å². The number of hydrogen-bond donors (Lipinski definition) is 1. The molecule has 0 radical (unpaired) electrons. The van der Waals surface area contributed by atoms with Gasteiger partial charge in [0.1, 0.15) is 16.4 Å². The summed E-state index contributed by atoms with van der Waals surface area (Å²) in [6.45, 7) is 0.669. The Kier molecular flexibility index (Phi) is 5.12. The molecule has 1 saturated carbocycles. The van der Waals surface area contributed by atoms with Crippen LogP contribution in [-0.2, 0) is 21.2 Å². The van der Waals surface area contributed by atoms with Crippen molar-refractivity contribution in [2.45, 2.75) is 30.6 Å². The summed E-state index contributed by atoms with van der Waals surface area (Å²) >= 11 is 0. The van der Waals surface area contributed by atoms with Gasteiger partial charge in [0.2, 0.25) is 5.91 Å². The minimum atomic E-state index is -3.92. The number of amides is 1. The molecule has 1 N–H and O–H groups in total. The predicted octanol–water partition coefficient (Wildman–Crippen LogP) is 3.19. The fourth-order valence-electron chi connectivity index (χ4n) is 3.62. The Morgan fingerprint density at radius 1 is 1.10 bits per heavy atom. The van der Waals surface area contributed by atoms with Crippen molar-refractivity contribution in [3.8, 4) is 11.5 Å². The van der Waals surface area contributed by atoms with Crippen molar-refractivity contribution in [1.29, 1.82) is 0 Å². The van der Waals surface area contributed by atoms with Gasteiger partial charge in [-0.15, -0.1) is 0 Å². The van der Waals surface area contributed by atoms with Gasteiger partial charge >= 0.3 is 0 Å². The molecular formula is C21H24N2O5S. The van der Waals surface area contributed by atoms with Gasteiger partial charge in [-0.05, 0) is 55.5 Å². The first-order valence-electron chi connectivity index (χ1n) is 9.62. The Balaban J connectivity index is 1.66. The number of carbonyl (C=O) groups is 1. The number of fused-ring (bicyclic) bond motifs is 1. The van der Waals surface area contributed by atoms with Crippen molar-refractivity contribution in [3.63, 3.8) is 0 Å². The Bertz CT molecular complexity index is 1050. The third-order valence-electron chi connectivity index (χ3n) is 5.31. The number of methoxy groups -OCH3 is 2. The molecule has 0 atom stereocenters. The summed E-state index contributed by atoms with van der Waals surface area (Å²) in [6, 6.07) is 9.98.